The summed E-state index contributed by atoms with van der Waals surface area (Å²) in [5.41, 5.74) is 4.72. The van der Waals surface area contributed by atoms with Gasteiger partial charge in [-0.1, -0.05) is 67.9 Å². The van der Waals surface area contributed by atoms with E-state index in [9.17, 15) is 9.59 Å². The molecular weight excluding hydrogens is 450 g/mol. The van der Waals surface area contributed by atoms with Gasteiger partial charge in [0.05, 0.1) is 13.7 Å². The van der Waals surface area contributed by atoms with E-state index in [0.717, 1.165) is 35.2 Å². The van der Waals surface area contributed by atoms with E-state index in [0.29, 0.717) is 44.7 Å². The predicted octanol–water partition coefficient (Wildman–Crippen LogP) is 5.40. The highest BCUT2D eigenvalue weighted by Gasteiger charge is 2.22. The quantitative estimate of drug-likeness (QED) is 0.407. The minimum absolute atomic E-state index is 0.0494. The number of rotatable bonds is 9. The Morgan fingerprint density at radius 2 is 1.58 bits per heavy atom. The van der Waals surface area contributed by atoms with Gasteiger partial charge in [-0.15, -0.1) is 0 Å². The van der Waals surface area contributed by atoms with Gasteiger partial charge in [-0.2, -0.15) is 5.06 Å². The second kappa shape index (κ2) is 12.5. The number of carbonyl (C=O) groups is 2. The summed E-state index contributed by atoms with van der Waals surface area (Å²) in [6.45, 7) is 5.36. The molecule has 1 saturated heterocycles. The summed E-state index contributed by atoms with van der Waals surface area (Å²) in [4.78, 5) is 35.0. The molecule has 0 unspecified atom stereocenters. The van der Waals surface area contributed by atoms with Crippen LogP contribution in [0.5, 0.6) is 0 Å². The Morgan fingerprint density at radius 1 is 0.861 bits per heavy atom. The molecule has 0 radical (unpaired) electrons. The predicted molar refractivity (Wildman–Crippen MR) is 144 cm³/mol. The average molecular weight is 486 g/mol. The van der Waals surface area contributed by atoms with E-state index in [1.54, 1.807) is 7.11 Å². The fraction of sp³-hybridized carbons (Fsp3) is 0.333. The number of nitrogens with zero attached hydrogens (tertiary/aromatic N) is 3. The maximum absolute atomic E-state index is 13.1. The average Bonchev–Trinajstić information content (AvgIpc) is 2.95. The molecule has 4 rings (SSSR count). The molecule has 1 aliphatic rings. The number of anilines is 1. The molecule has 6 heteroatoms. The van der Waals surface area contributed by atoms with Crippen LogP contribution in [0.15, 0.2) is 78.9 Å². The number of piperazine rings is 1. The highest BCUT2D eigenvalue weighted by molar-refractivity contribution is 5.95. The Labute approximate surface area is 214 Å². The van der Waals surface area contributed by atoms with Gasteiger partial charge in [-0.05, 0) is 47.4 Å². The van der Waals surface area contributed by atoms with Crippen molar-refractivity contribution >= 4 is 17.5 Å². The molecule has 36 heavy (non-hydrogen) atoms. The van der Waals surface area contributed by atoms with E-state index in [-0.39, 0.29) is 11.8 Å². The van der Waals surface area contributed by atoms with E-state index in [2.05, 4.69) is 31.2 Å². The van der Waals surface area contributed by atoms with Crippen LogP contribution in [0.25, 0.3) is 11.1 Å². The van der Waals surface area contributed by atoms with Gasteiger partial charge >= 0.3 is 0 Å². The summed E-state index contributed by atoms with van der Waals surface area (Å²) in [6, 6.07) is 25.9. The third-order valence-corrected chi connectivity index (χ3v) is 6.63. The lowest BCUT2D eigenvalue weighted by atomic mass is 10.0. The van der Waals surface area contributed by atoms with Crippen LogP contribution in [0.3, 0.4) is 0 Å². The van der Waals surface area contributed by atoms with Crippen molar-refractivity contribution in [3.63, 3.8) is 0 Å². The number of hydrogen-bond acceptors (Lipinski definition) is 4. The van der Waals surface area contributed by atoms with Crippen molar-refractivity contribution in [1.82, 2.24) is 9.96 Å². The Kier molecular flexibility index (Phi) is 8.87. The molecule has 0 bridgehead atoms. The van der Waals surface area contributed by atoms with Crippen LogP contribution in [0.1, 0.15) is 42.1 Å². The maximum Gasteiger partial charge on any atom is 0.253 e. The van der Waals surface area contributed by atoms with Crippen molar-refractivity contribution in [2.45, 2.75) is 32.7 Å². The first kappa shape index (κ1) is 25.6. The van der Waals surface area contributed by atoms with Crippen molar-refractivity contribution in [2.75, 3.05) is 38.2 Å². The smallest absolute Gasteiger partial charge is 0.253 e. The van der Waals surface area contributed by atoms with Crippen molar-refractivity contribution in [1.29, 1.82) is 0 Å². The standard InChI is InChI=1S/C30H35N3O3/c1-3-4-13-29(34)33(28-11-6-5-7-12-28)23-24-14-16-25(17-15-24)26-9-8-10-27(22-26)30(35)31-18-20-32(36-2)21-19-31/h5-12,14-17,22H,3-4,13,18-21,23H2,1-2H3. The number of hydrogen-bond donors (Lipinski definition) is 0. The van der Waals surface area contributed by atoms with Gasteiger partial charge in [0.1, 0.15) is 0 Å². The molecule has 3 aromatic carbocycles. The number of unbranched alkanes of at least 4 members (excludes halogenated alkanes) is 1. The molecule has 0 saturated carbocycles. The SMILES string of the molecule is CCCCC(=O)N(Cc1ccc(-c2cccc(C(=O)N3CCN(OC)CC3)c2)cc1)c1ccccc1. The molecule has 2 amide bonds. The topological polar surface area (TPSA) is 53.1 Å². The third-order valence-electron chi connectivity index (χ3n) is 6.63. The Hall–Kier alpha value is -3.48. The zero-order valence-electron chi connectivity index (χ0n) is 21.2. The molecule has 6 nitrogen and oxygen atoms in total. The molecule has 1 heterocycles. The van der Waals surface area contributed by atoms with Gasteiger partial charge in [0.2, 0.25) is 5.91 Å². The number of amides is 2. The number of benzene rings is 3. The van der Waals surface area contributed by atoms with Gasteiger partial charge in [-0.3, -0.25) is 9.59 Å². The van der Waals surface area contributed by atoms with Gasteiger partial charge in [0, 0.05) is 43.9 Å². The lowest BCUT2D eigenvalue weighted by Crippen LogP contribution is -2.48. The normalized spacial score (nSPS) is 14.0. The summed E-state index contributed by atoms with van der Waals surface area (Å²) < 4.78 is 0. The molecule has 1 fully saturated rings. The Bertz CT molecular complexity index is 1140. The van der Waals surface area contributed by atoms with E-state index in [1.807, 2.05) is 69.5 Å². The maximum atomic E-state index is 13.1. The second-order valence-electron chi connectivity index (χ2n) is 9.10. The van der Waals surface area contributed by atoms with Crippen LogP contribution in [0, 0.1) is 0 Å². The Balaban J connectivity index is 1.47. The molecule has 3 aromatic rings. The molecular formula is C30H35N3O3. The van der Waals surface area contributed by atoms with E-state index >= 15 is 0 Å². The molecule has 0 spiro atoms. The van der Waals surface area contributed by atoms with Crippen molar-refractivity contribution in [2.24, 2.45) is 0 Å². The number of para-hydroxylation sites is 1. The monoisotopic (exact) mass is 485 g/mol. The molecule has 0 aromatic heterocycles. The summed E-state index contributed by atoms with van der Waals surface area (Å²) in [5.74, 6) is 0.193. The zero-order chi connectivity index (χ0) is 25.3. The molecule has 0 atom stereocenters. The molecule has 0 aliphatic carbocycles. The van der Waals surface area contributed by atoms with E-state index in [4.69, 9.17) is 4.84 Å². The highest BCUT2D eigenvalue weighted by Crippen LogP contribution is 2.24. The van der Waals surface area contributed by atoms with Crippen LogP contribution < -0.4 is 4.90 Å². The number of carbonyl (C=O) groups excluding carboxylic acids is 2. The van der Waals surface area contributed by atoms with Gasteiger partial charge in [0.15, 0.2) is 0 Å². The first-order chi connectivity index (χ1) is 17.6. The fourth-order valence-corrected chi connectivity index (χ4v) is 4.47. The number of hydroxylamine groups is 2. The zero-order valence-corrected chi connectivity index (χ0v) is 21.2. The van der Waals surface area contributed by atoms with Crippen LogP contribution in [-0.2, 0) is 16.2 Å². The van der Waals surface area contributed by atoms with Crippen LogP contribution >= 0.6 is 0 Å². The fourth-order valence-electron chi connectivity index (χ4n) is 4.47. The molecule has 0 N–H and O–H groups in total. The largest absolute Gasteiger partial charge is 0.336 e. The lowest BCUT2D eigenvalue weighted by Gasteiger charge is -2.33. The first-order valence-electron chi connectivity index (χ1n) is 12.7. The highest BCUT2D eigenvalue weighted by atomic mass is 16.7. The Morgan fingerprint density at radius 3 is 2.25 bits per heavy atom. The van der Waals surface area contributed by atoms with Gasteiger partial charge in [-0.25, -0.2) is 0 Å². The van der Waals surface area contributed by atoms with Gasteiger partial charge < -0.3 is 14.6 Å². The molecule has 1 aliphatic heterocycles. The second-order valence-corrected chi connectivity index (χ2v) is 9.10. The first-order valence-corrected chi connectivity index (χ1v) is 12.7. The van der Waals surface area contributed by atoms with Crippen molar-refractivity contribution in [3.05, 3.63) is 90.0 Å². The summed E-state index contributed by atoms with van der Waals surface area (Å²) in [7, 11) is 1.66. The molecule has 188 valence electrons. The third kappa shape index (κ3) is 6.39. The minimum Gasteiger partial charge on any atom is -0.336 e. The van der Waals surface area contributed by atoms with Crippen molar-refractivity contribution in [3.8, 4) is 11.1 Å². The van der Waals surface area contributed by atoms with E-state index in [1.165, 1.54) is 0 Å². The van der Waals surface area contributed by atoms with Crippen LogP contribution in [-0.4, -0.2) is 55.1 Å². The summed E-state index contributed by atoms with van der Waals surface area (Å²) in [5, 5.41) is 1.87. The summed E-state index contributed by atoms with van der Waals surface area (Å²) in [6.07, 6.45) is 2.43. The van der Waals surface area contributed by atoms with Crippen molar-refractivity contribution < 1.29 is 14.4 Å². The van der Waals surface area contributed by atoms with Crippen LogP contribution in [0.2, 0.25) is 0 Å². The lowest BCUT2D eigenvalue weighted by molar-refractivity contribution is -0.147. The van der Waals surface area contributed by atoms with Crippen LogP contribution in [0.4, 0.5) is 5.69 Å². The van der Waals surface area contributed by atoms with E-state index < -0.39 is 0 Å². The minimum atomic E-state index is 0.0494. The van der Waals surface area contributed by atoms with Gasteiger partial charge in [0.25, 0.3) is 5.91 Å². The summed E-state index contributed by atoms with van der Waals surface area (Å²) >= 11 is 0.